The molecule has 0 amide bonds. The third kappa shape index (κ3) is 6.48. The number of allylic oxidation sites excluding steroid dienone is 2. The largest absolute Gasteiger partial charge is 0.290 e. The van der Waals surface area contributed by atoms with E-state index in [9.17, 15) is 0 Å². The van der Waals surface area contributed by atoms with Crippen molar-refractivity contribution >= 4 is 6.21 Å². The van der Waals surface area contributed by atoms with Crippen LogP contribution in [0.15, 0.2) is 16.6 Å². The van der Waals surface area contributed by atoms with Crippen molar-refractivity contribution in [2.75, 3.05) is 0 Å². The Bertz CT molecular complexity index is 209. The zero-order valence-corrected chi connectivity index (χ0v) is 11.2. The van der Waals surface area contributed by atoms with Crippen LogP contribution in [0, 0.1) is 11.8 Å². The first-order valence-corrected chi connectivity index (χ1v) is 6.31. The van der Waals surface area contributed by atoms with E-state index < -0.39 is 0 Å². The molecule has 0 heterocycles. The summed E-state index contributed by atoms with van der Waals surface area (Å²) in [5, 5.41) is 0. The van der Waals surface area contributed by atoms with Gasteiger partial charge in [0.05, 0.1) is 0 Å². The van der Waals surface area contributed by atoms with Crippen molar-refractivity contribution in [1.82, 2.24) is 0 Å². The van der Waals surface area contributed by atoms with Crippen molar-refractivity contribution in [2.45, 2.75) is 60.4 Å². The van der Waals surface area contributed by atoms with Gasteiger partial charge in [0, 0.05) is 12.3 Å². The van der Waals surface area contributed by atoms with Gasteiger partial charge in [-0.15, -0.1) is 0 Å². The van der Waals surface area contributed by atoms with E-state index >= 15 is 0 Å². The van der Waals surface area contributed by atoms with Crippen molar-refractivity contribution in [3.63, 3.8) is 0 Å². The first kappa shape index (κ1) is 14.4. The Balaban J connectivity index is 0.000000921. The third-order valence-electron chi connectivity index (χ3n) is 2.87. The zero-order chi connectivity index (χ0) is 11.8. The normalized spacial score (nSPS) is 19.0. The van der Waals surface area contributed by atoms with E-state index in [-0.39, 0.29) is 0 Å². The Hall–Kier alpha value is -0.590. The van der Waals surface area contributed by atoms with Crippen LogP contribution in [0.2, 0.25) is 0 Å². The van der Waals surface area contributed by atoms with Crippen LogP contribution in [0.3, 0.4) is 0 Å². The molecule has 1 aliphatic rings. The highest BCUT2D eigenvalue weighted by Crippen LogP contribution is 2.33. The van der Waals surface area contributed by atoms with Gasteiger partial charge in [-0.25, -0.2) is 0 Å². The van der Waals surface area contributed by atoms with Gasteiger partial charge in [-0.2, -0.15) is 0 Å². The molecule has 88 valence electrons. The van der Waals surface area contributed by atoms with E-state index in [1.165, 1.54) is 18.4 Å². The molecule has 0 bridgehead atoms. The van der Waals surface area contributed by atoms with E-state index in [1.54, 1.807) is 0 Å². The maximum Gasteiger partial charge on any atom is 0.0499 e. The maximum absolute atomic E-state index is 4.51. The monoisotopic (exact) mass is 209 g/mol. The standard InChI is InChI=1S/C12H21N.C2H6/c1-9(2)10(3)7-8-13-11(4)12-5-6-12;1-2/h7-9,11-12H,5-6H2,1-4H3;1-2H3/b10-7+,13-8?;. The van der Waals surface area contributed by atoms with Crippen molar-refractivity contribution in [3.8, 4) is 0 Å². The molecule has 0 saturated heterocycles. The summed E-state index contributed by atoms with van der Waals surface area (Å²) in [7, 11) is 0. The summed E-state index contributed by atoms with van der Waals surface area (Å²) >= 11 is 0. The van der Waals surface area contributed by atoms with E-state index in [2.05, 4.69) is 38.8 Å². The summed E-state index contributed by atoms with van der Waals surface area (Å²) in [5.74, 6) is 1.52. The minimum absolute atomic E-state index is 0.538. The van der Waals surface area contributed by atoms with Crippen LogP contribution in [0.25, 0.3) is 0 Å². The lowest BCUT2D eigenvalue weighted by Crippen LogP contribution is -2.00. The van der Waals surface area contributed by atoms with Crippen molar-refractivity contribution in [2.24, 2.45) is 16.8 Å². The lowest BCUT2D eigenvalue weighted by molar-refractivity contribution is 0.655. The average Bonchev–Trinajstić information content (AvgIpc) is 3.03. The second-order valence-corrected chi connectivity index (χ2v) is 4.44. The van der Waals surface area contributed by atoms with E-state index in [4.69, 9.17) is 0 Å². The van der Waals surface area contributed by atoms with Crippen LogP contribution < -0.4 is 0 Å². The number of hydrogen-bond acceptors (Lipinski definition) is 1. The van der Waals surface area contributed by atoms with Crippen LogP contribution in [-0.2, 0) is 0 Å². The SMILES string of the molecule is C/C(=C\C=NC(C)C1CC1)C(C)C.CC. The predicted octanol–water partition coefficient (Wildman–Crippen LogP) is 4.48. The lowest BCUT2D eigenvalue weighted by atomic mass is 10.1. The number of aliphatic imine (C=N–C) groups is 1. The van der Waals surface area contributed by atoms with Gasteiger partial charge in [0.1, 0.15) is 0 Å². The topological polar surface area (TPSA) is 12.4 Å². The molecule has 1 saturated carbocycles. The maximum atomic E-state index is 4.51. The number of hydrogen-bond donors (Lipinski definition) is 0. The Morgan fingerprint density at radius 2 is 1.73 bits per heavy atom. The van der Waals surface area contributed by atoms with Crippen molar-refractivity contribution < 1.29 is 0 Å². The fourth-order valence-corrected chi connectivity index (χ4v) is 1.19. The summed E-state index contributed by atoms with van der Waals surface area (Å²) in [6, 6.07) is 0.538. The smallest absolute Gasteiger partial charge is 0.0499 e. The molecule has 15 heavy (non-hydrogen) atoms. The molecule has 0 spiro atoms. The first-order valence-electron chi connectivity index (χ1n) is 6.31. The summed E-state index contributed by atoms with van der Waals surface area (Å²) in [6.07, 6.45) is 6.89. The Labute approximate surface area is 95.7 Å². The Morgan fingerprint density at radius 1 is 1.20 bits per heavy atom. The van der Waals surface area contributed by atoms with E-state index in [1.807, 2.05) is 20.1 Å². The molecule has 0 aromatic carbocycles. The van der Waals surface area contributed by atoms with Gasteiger partial charge < -0.3 is 0 Å². The van der Waals surface area contributed by atoms with Crippen LogP contribution >= 0.6 is 0 Å². The van der Waals surface area contributed by atoms with Crippen LogP contribution in [0.1, 0.15) is 54.4 Å². The zero-order valence-electron chi connectivity index (χ0n) is 11.2. The molecule has 1 nitrogen and oxygen atoms in total. The van der Waals surface area contributed by atoms with Gasteiger partial charge in [0.25, 0.3) is 0 Å². The fraction of sp³-hybridized carbons (Fsp3) is 0.786. The van der Waals surface area contributed by atoms with Gasteiger partial charge in [0.15, 0.2) is 0 Å². The van der Waals surface area contributed by atoms with Gasteiger partial charge >= 0.3 is 0 Å². The Morgan fingerprint density at radius 3 is 2.13 bits per heavy atom. The minimum atomic E-state index is 0.538. The molecule has 0 aromatic heterocycles. The Kier molecular flexibility index (Phi) is 7.37. The van der Waals surface area contributed by atoms with Gasteiger partial charge in [-0.1, -0.05) is 33.3 Å². The molecule has 0 radical (unpaired) electrons. The van der Waals surface area contributed by atoms with Crippen molar-refractivity contribution in [1.29, 1.82) is 0 Å². The molecular formula is C14H27N. The van der Waals surface area contributed by atoms with Crippen LogP contribution in [0.4, 0.5) is 0 Å². The molecule has 1 heteroatoms. The molecule has 1 aliphatic carbocycles. The fourth-order valence-electron chi connectivity index (χ4n) is 1.19. The lowest BCUT2D eigenvalue weighted by Gasteiger charge is -2.03. The molecule has 1 fully saturated rings. The number of rotatable bonds is 4. The quantitative estimate of drug-likeness (QED) is 0.605. The number of nitrogens with zero attached hydrogens (tertiary/aromatic N) is 1. The van der Waals surface area contributed by atoms with Crippen LogP contribution in [0.5, 0.6) is 0 Å². The summed E-state index contributed by atoms with van der Waals surface area (Å²) in [4.78, 5) is 4.51. The molecular weight excluding hydrogens is 182 g/mol. The molecule has 1 rings (SSSR count). The molecule has 0 N–H and O–H groups in total. The second-order valence-electron chi connectivity index (χ2n) is 4.44. The summed E-state index contributed by atoms with van der Waals surface area (Å²) < 4.78 is 0. The minimum Gasteiger partial charge on any atom is -0.290 e. The molecule has 0 aliphatic heterocycles. The summed E-state index contributed by atoms with van der Waals surface area (Å²) in [5.41, 5.74) is 1.41. The van der Waals surface area contributed by atoms with Gasteiger partial charge in [-0.3, -0.25) is 4.99 Å². The highest BCUT2D eigenvalue weighted by molar-refractivity contribution is 5.72. The van der Waals surface area contributed by atoms with E-state index in [0.29, 0.717) is 12.0 Å². The highest BCUT2D eigenvalue weighted by atomic mass is 14.8. The van der Waals surface area contributed by atoms with Crippen molar-refractivity contribution in [3.05, 3.63) is 11.6 Å². The van der Waals surface area contributed by atoms with E-state index in [0.717, 1.165) is 5.92 Å². The molecule has 1 unspecified atom stereocenters. The summed E-state index contributed by atoms with van der Waals surface area (Å²) in [6.45, 7) is 12.8. The molecule has 1 atom stereocenters. The average molecular weight is 209 g/mol. The third-order valence-corrected chi connectivity index (χ3v) is 2.87. The molecule has 0 aromatic rings. The van der Waals surface area contributed by atoms with Crippen LogP contribution in [-0.4, -0.2) is 12.3 Å². The first-order chi connectivity index (χ1) is 7.11. The second kappa shape index (κ2) is 7.67. The van der Waals surface area contributed by atoms with Gasteiger partial charge in [0.2, 0.25) is 0 Å². The van der Waals surface area contributed by atoms with Gasteiger partial charge in [-0.05, 0) is 44.6 Å². The highest BCUT2D eigenvalue weighted by Gasteiger charge is 2.26. The predicted molar refractivity (Wildman–Crippen MR) is 70.6 cm³/mol.